The molecule has 2 aromatic rings. The van der Waals surface area contributed by atoms with Crippen molar-refractivity contribution in [1.29, 1.82) is 0 Å². The lowest BCUT2D eigenvalue weighted by atomic mass is 10.2. The summed E-state index contributed by atoms with van der Waals surface area (Å²) in [5.41, 5.74) is 2.14. The summed E-state index contributed by atoms with van der Waals surface area (Å²) in [6, 6.07) is 7.66. The zero-order valence-electron chi connectivity index (χ0n) is 16.8. The van der Waals surface area contributed by atoms with Gasteiger partial charge in [0.15, 0.2) is 5.82 Å². The third-order valence-corrected chi connectivity index (χ3v) is 4.92. The topological polar surface area (TPSA) is 78.3 Å². The van der Waals surface area contributed by atoms with Gasteiger partial charge >= 0.3 is 0 Å². The molecule has 30 heavy (non-hydrogen) atoms. The number of amidine groups is 1. The highest BCUT2D eigenvalue weighted by Gasteiger charge is 2.16. The monoisotopic (exact) mass is 421 g/mol. The number of aliphatic imine (C=N–C) groups is 1. The largest absolute Gasteiger partial charge is 0.338 e. The Kier molecular flexibility index (Phi) is 6.51. The number of aromatic nitrogens is 3. The maximum atomic E-state index is 6.09. The van der Waals surface area contributed by atoms with E-state index in [9.17, 15) is 0 Å². The van der Waals surface area contributed by atoms with Gasteiger partial charge in [-0.3, -0.25) is 4.99 Å². The summed E-state index contributed by atoms with van der Waals surface area (Å²) in [5.74, 6) is 2.49. The number of nitrogens with one attached hydrogen (secondary N) is 2. The van der Waals surface area contributed by atoms with E-state index < -0.39 is 0 Å². The van der Waals surface area contributed by atoms with Crippen LogP contribution >= 0.6 is 11.6 Å². The number of nitrogens with zero attached hydrogens (tertiary/aromatic N) is 5. The van der Waals surface area contributed by atoms with Crippen molar-refractivity contribution in [2.24, 2.45) is 4.99 Å². The van der Waals surface area contributed by atoms with Crippen molar-refractivity contribution in [1.82, 2.24) is 20.3 Å². The molecule has 2 N–H and O–H groups in total. The fourth-order valence-electron chi connectivity index (χ4n) is 3.25. The second-order valence-corrected chi connectivity index (χ2v) is 7.42. The number of hydrogen-bond donors (Lipinski definition) is 2. The van der Waals surface area contributed by atoms with Crippen molar-refractivity contribution >= 4 is 41.5 Å². The number of piperazine rings is 1. The third-order valence-electron chi connectivity index (χ3n) is 4.69. The van der Waals surface area contributed by atoms with Crippen molar-refractivity contribution in [3.8, 4) is 0 Å². The molecule has 4 rings (SSSR count). The quantitative estimate of drug-likeness (QED) is 0.770. The van der Waals surface area contributed by atoms with E-state index in [0.29, 0.717) is 29.3 Å². The van der Waals surface area contributed by atoms with Gasteiger partial charge in [-0.2, -0.15) is 15.0 Å². The van der Waals surface area contributed by atoms with Crippen LogP contribution in [0.15, 0.2) is 53.1 Å². The summed E-state index contributed by atoms with van der Waals surface area (Å²) in [4.78, 5) is 20.6. The van der Waals surface area contributed by atoms with Crippen LogP contribution in [0.4, 0.5) is 11.9 Å². The minimum atomic E-state index is 0.487. The Morgan fingerprint density at radius 1 is 1.10 bits per heavy atom. The fourth-order valence-corrected chi connectivity index (χ4v) is 3.45. The highest BCUT2D eigenvalue weighted by atomic mass is 35.5. The van der Waals surface area contributed by atoms with E-state index >= 15 is 0 Å². The highest BCUT2D eigenvalue weighted by Crippen LogP contribution is 2.17. The Labute approximate surface area is 181 Å². The molecule has 0 unspecified atom stereocenters. The van der Waals surface area contributed by atoms with Crippen LogP contribution in [0.3, 0.4) is 0 Å². The van der Waals surface area contributed by atoms with Crippen LogP contribution in [0.25, 0.3) is 12.2 Å². The van der Waals surface area contributed by atoms with Gasteiger partial charge in [0, 0.05) is 31.2 Å². The Hall–Kier alpha value is -3.03. The summed E-state index contributed by atoms with van der Waals surface area (Å²) in [6.45, 7) is 6.18. The Balaban J connectivity index is 1.61. The molecule has 1 fully saturated rings. The third kappa shape index (κ3) is 5.31. The average Bonchev–Trinajstić information content (AvgIpc) is 3.20. The molecule has 2 aliphatic rings. The Morgan fingerprint density at radius 2 is 1.97 bits per heavy atom. The second kappa shape index (κ2) is 9.65. The Bertz CT molecular complexity index is 1020. The number of benzene rings is 1. The molecule has 0 amide bonds. The summed E-state index contributed by atoms with van der Waals surface area (Å²) in [7, 11) is 0. The molecular formula is C22H24ClN7. The van der Waals surface area contributed by atoms with Crippen LogP contribution in [-0.4, -0.2) is 53.5 Å². The van der Waals surface area contributed by atoms with E-state index in [1.54, 1.807) is 0 Å². The maximum Gasteiger partial charge on any atom is 0.233 e. The van der Waals surface area contributed by atoms with Crippen molar-refractivity contribution in [3.63, 3.8) is 0 Å². The zero-order valence-corrected chi connectivity index (χ0v) is 17.6. The minimum Gasteiger partial charge on any atom is -0.338 e. The molecule has 1 aromatic heterocycles. The first-order valence-corrected chi connectivity index (χ1v) is 10.4. The van der Waals surface area contributed by atoms with Crippen LogP contribution in [0.2, 0.25) is 5.02 Å². The molecule has 8 heteroatoms. The first-order valence-electron chi connectivity index (χ1n) is 10.00. The molecule has 3 heterocycles. The molecule has 1 aromatic carbocycles. The van der Waals surface area contributed by atoms with Crippen molar-refractivity contribution in [3.05, 3.63) is 64.5 Å². The van der Waals surface area contributed by atoms with Crippen molar-refractivity contribution < 1.29 is 0 Å². The molecule has 0 saturated carbocycles. The zero-order chi connectivity index (χ0) is 20.8. The standard InChI is InChI=1S/C22H24ClN7/c1-2-4-17-14-20(25-15-17)27-21-26-19(8-7-16-5-3-6-18(23)13-16)28-22(29-21)30-11-9-24-10-12-30/h2-8,13-14,24H,9-12,15H2,1H3,(H,25,26,27,28,29)/b4-2+,8-7+. The molecule has 154 valence electrons. The van der Waals surface area contributed by atoms with Crippen molar-refractivity contribution in [2.75, 3.05) is 42.9 Å². The summed E-state index contributed by atoms with van der Waals surface area (Å²) in [6.07, 6.45) is 9.90. The van der Waals surface area contributed by atoms with Gasteiger partial charge in [-0.15, -0.1) is 0 Å². The van der Waals surface area contributed by atoms with E-state index in [-0.39, 0.29) is 0 Å². The average molecular weight is 422 g/mol. The molecule has 1 saturated heterocycles. The summed E-state index contributed by atoms with van der Waals surface area (Å²) < 4.78 is 0. The van der Waals surface area contributed by atoms with Crippen LogP contribution in [-0.2, 0) is 0 Å². The van der Waals surface area contributed by atoms with Gasteiger partial charge in [0.2, 0.25) is 11.9 Å². The van der Waals surface area contributed by atoms with Crippen LogP contribution in [0.5, 0.6) is 0 Å². The second-order valence-electron chi connectivity index (χ2n) is 6.99. The van der Waals surface area contributed by atoms with Crippen LogP contribution in [0, 0.1) is 0 Å². The lowest BCUT2D eigenvalue weighted by Crippen LogP contribution is -2.44. The van der Waals surface area contributed by atoms with E-state index in [1.165, 1.54) is 0 Å². The first-order chi connectivity index (χ1) is 14.7. The van der Waals surface area contributed by atoms with Gasteiger partial charge < -0.3 is 15.5 Å². The van der Waals surface area contributed by atoms with Gasteiger partial charge in [0.05, 0.1) is 6.54 Å². The van der Waals surface area contributed by atoms with E-state index in [2.05, 4.69) is 41.6 Å². The Morgan fingerprint density at radius 3 is 2.77 bits per heavy atom. The molecule has 0 atom stereocenters. The fraction of sp³-hybridized carbons (Fsp3) is 0.273. The van der Waals surface area contributed by atoms with E-state index in [1.807, 2.05) is 55.5 Å². The lowest BCUT2D eigenvalue weighted by molar-refractivity contribution is 0.579. The first kappa shape index (κ1) is 20.3. The van der Waals surface area contributed by atoms with Crippen molar-refractivity contribution in [2.45, 2.75) is 6.92 Å². The van der Waals surface area contributed by atoms with E-state index in [4.69, 9.17) is 11.6 Å². The van der Waals surface area contributed by atoms with Gasteiger partial charge in [-0.1, -0.05) is 42.0 Å². The predicted octanol–water partition coefficient (Wildman–Crippen LogP) is 3.43. The number of allylic oxidation sites excluding steroid dienone is 1. The molecular weight excluding hydrogens is 398 g/mol. The number of rotatable bonds is 5. The summed E-state index contributed by atoms with van der Waals surface area (Å²) in [5, 5.41) is 7.28. The van der Waals surface area contributed by atoms with Gasteiger partial charge in [0.1, 0.15) is 5.84 Å². The number of hydrogen-bond acceptors (Lipinski definition) is 7. The van der Waals surface area contributed by atoms with E-state index in [0.717, 1.165) is 43.2 Å². The smallest absolute Gasteiger partial charge is 0.233 e. The molecule has 0 bridgehead atoms. The molecule has 2 aliphatic heterocycles. The molecule has 0 aliphatic carbocycles. The SMILES string of the molecule is C/C=C/C1=CC(Nc2nc(/C=C/c3cccc(Cl)c3)nc(N3CCNCC3)n2)=NC1. The minimum absolute atomic E-state index is 0.487. The van der Waals surface area contributed by atoms with Crippen LogP contribution < -0.4 is 15.5 Å². The predicted molar refractivity (Wildman–Crippen MR) is 124 cm³/mol. The van der Waals surface area contributed by atoms with Gasteiger partial charge in [-0.05, 0) is 42.3 Å². The lowest BCUT2D eigenvalue weighted by Gasteiger charge is -2.27. The highest BCUT2D eigenvalue weighted by molar-refractivity contribution is 6.30. The number of halogens is 1. The number of anilines is 2. The molecule has 0 radical (unpaired) electrons. The summed E-state index contributed by atoms with van der Waals surface area (Å²) >= 11 is 6.09. The molecule has 7 nitrogen and oxygen atoms in total. The molecule has 0 spiro atoms. The van der Waals surface area contributed by atoms with Gasteiger partial charge in [-0.25, -0.2) is 0 Å². The van der Waals surface area contributed by atoms with Crippen LogP contribution in [0.1, 0.15) is 18.3 Å². The maximum absolute atomic E-state index is 6.09. The van der Waals surface area contributed by atoms with Gasteiger partial charge in [0.25, 0.3) is 0 Å². The normalized spacial score (nSPS) is 16.9.